The van der Waals surface area contributed by atoms with Gasteiger partial charge in [0.25, 0.3) is 5.91 Å². The molecule has 136 valence electrons. The number of anilines is 1. The standard InChI is InChI=1S/C17H12F4N2O3/c18-13-4-2-1-3-12(13)14-9-15(26-23-14)16(24)22-10-5-7-11(8-6-10)25-17(19,20)21/h1-8,15H,9H2,(H,22,24). The number of nitrogens with zero attached hydrogens (tertiary/aromatic N) is 1. The van der Waals surface area contributed by atoms with Crippen LogP contribution in [0.2, 0.25) is 0 Å². The lowest BCUT2D eigenvalue weighted by molar-refractivity contribution is -0.274. The summed E-state index contributed by atoms with van der Waals surface area (Å²) in [4.78, 5) is 17.2. The second-order valence-electron chi connectivity index (χ2n) is 5.38. The van der Waals surface area contributed by atoms with Crippen molar-refractivity contribution >= 4 is 17.3 Å². The van der Waals surface area contributed by atoms with Crippen LogP contribution >= 0.6 is 0 Å². The number of ether oxygens (including phenoxy) is 1. The molecule has 1 heterocycles. The summed E-state index contributed by atoms with van der Waals surface area (Å²) in [5, 5.41) is 6.23. The average Bonchev–Trinajstić information content (AvgIpc) is 3.06. The fourth-order valence-electron chi connectivity index (χ4n) is 2.34. The van der Waals surface area contributed by atoms with Gasteiger partial charge in [-0.2, -0.15) is 0 Å². The molecule has 9 heteroatoms. The molecule has 0 bridgehead atoms. The summed E-state index contributed by atoms with van der Waals surface area (Å²) in [5.41, 5.74) is 0.807. The third-order valence-corrected chi connectivity index (χ3v) is 3.50. The van der Waals surface area contributed by atoms with Gasteiger partial charge < -0.3 is 14.9 Å². The highest BCUT2D eigenvalue weighted by Gasteiger charge is 2.31. The molecule has 0 radical (unpaired) electrons. The Labute approximate surface area is 145 Å². The van der Waals surface area contributed by atoms with Crippen molar-refractivity contribution in [2.45, 2.75) is 18.9 Å². The molecule has 1 aliphatic heterocycles. The second-order valence-corrected chi connectivity index (χ2v) is 5.38. The predicted octanol–water partition coefficient (Wildman–Crippen LogP) is 3.86. The normalized spacial score (nSPS) is 16.6. The van der Waals surface area contributed by atoms with Crippen LogP contribution < -0.4 is 10.1 Å². The van der Waals surface area contributed by atoms with E-state index in [9.17, 15) is 22.4 Å². The van der Waals surface area contributed by atoms with E-state index in [1.807, 2.05) is 0 Å². The molecule has 5 nitrogen and oxygen atoms in total. The average molecular weight is 368 g/mol. The monoisotopic (exact) mass is 368 g/mol. The Kier molecular flexibility index (Phi) is 4.79. The molecule has 26 heavy (non-hydrogen) atoms. The Balaban J connectivity index is 1.59. The fourth-order valence-corrected chi connectivity index (χ4v) is 2.34. The van der Waals surface area contributed by atoms with E-state index in [1.165, 1.54) is 30.3 Å². The van der Waals surface area contributed by atoms with Crippen molar-refractivity contribution in [2.24, 2.45) is 5.16 Å². The highest BCUT2D eigenvalue weighted by molar-refractivity contribution is 6.06. The van der Waals surface area contributed by atoms with Crippen molar-refractivity contribution in [1.29, 1.82) is 0 Å². The Bertz CT molecular complexity index is 835. The first kappa shape index (κ1) is 17.7. The molecule has 0 aliphatic carbocycles. The summed E-state index contributed by atoms with van der Waals surface area (Å²) in [5.74, 6) is -1.43. The van der Waals surface area contributed by atoms with Gasteiger partial charge >= 0.3 is 6.36 Å². The zero-order chi connectivity index (χ0) is 18.7. The molecule has 2 aromatic carbocycles. The van der Waals surface area contributed by atoms with Crippen LogP contribution in [0.5, 0.6) is 5.75 Å². The first-order valence-electron chi connectivity index (χ1n) is 7.46. The van der Waals surface area contributed by atoms with E-state index in [0.717, 1.165) is 12.1 Å². The van der Waals surface area contributed by atoms with Gasteiger partial charge in [0.15, 0.2) is 0 Å². The van der Waals surface area contributed by atoms with Gasteiger partial charge in [-0.05, 0) is 30.3 Å². The van der Waals surface area contributed by atoms with Crippen molar-refractivity contribution < 1.29 is 31.9 Å². The number of carbonyl (C=O) groups is 1. The lowest BCUT2D eigenvalue weighted by Gasteiger charge is -2.11. The number of carbonyl (C=O) groups excluding carboxylic acids is 1. The molecule has 1 N–H and O–H groups in total. The lowest BCUT2D eigenvalue weighted by Crippen LogP contribution is -2.28. The summed E-state index contributed by atoms with van der Waals surface area (Å²) in [6.07, 6.45) is -5.68. The van der Waals surface area contributed by atoms with Crippen molar-refractivity contribution in [2.75, 3.05) is 5.32 Å². The van der Waals surface area contributed by atoms with Gasteiger partial charge in [-0.15, -0.1) is 13.2 Å². The quantitative estimate of drug-likeness (QED) is 0.834. The minimum absolute atomic E-state index is 0.0715. The second kappa shape index (κ2) is 7.03. The van der Waals surface area contributed by atoms with Crippen molar-refractivity contribution in [3.8, 4) is 5.75 Å². The van der Waals surface area contributed by atoms with Gasteiger partial charge in [0.2, 0.25) is 6.10 Å². The molecule has 0 saturated heterocycles. The molecule has 2 aromatic rings. The van der Waals surface area contributed by atoms with Gasteiger partial charge in [-0.1, -0.05) is 23.4 Å². The van der Waals surface area contributed by atoms with E-state index in [-0.39, 0.29) is 17.7 Å². The van der Waals surface area contributed by atoms with Crippen molar-refractivity contribution in [3.63, 3.8) is 0 Å². The number of benzene rings is 2. The zero-order valence-electron chi connectivity index (χ0n) is 13.1. The summed E-state index contributed by atoms with van der Waals surface area (Å²) < 4.78 is 53.8. The highest BCUT2D eigenvalue weighted by Crippen LogP contribution is 2.25. The van der Waals surface area contributed by atoms with E-state index < -0.39 is 29.9 Å². The van der Waals surface area contributed by atoms with Crippen LogP contribution in [0, 0.1) is 5.82 Å². The first-order valence-corrected chi connectivity index (χ1v) is 7.46. The van der Waals surface area contributed by atoms with Gasteiger partial charge in [0.1, 0.15) is 11.6 Å². The molecule has 3 rings (SSSR count). The van der Waals surface area contributed by atoms with Gasteiger partial charge in [-0.3, -0.25) is 4.79 Å². The Morgan fingerprint density at radius 3 is 2.50 bits per heavy atom. The van der Waals surface area contributed by atoms with E-state index in [2.05, 4.69) is 15.2 Å². The lowest BCUT2D eigenvalue weighted by atomic mass is 10.0. The number of hydrogen-bond acceptors (Lipinski definition) is 4. The van der Waals surface area contributed by atoms with Gasteiger partial charge in [0, 0.05) is 17.7 Å². The molecule has 0 saturated carbocycles. The van der Waals surface area contributed by atoms with Crippen molar-refractivity contribution in [3.05, 3.63) is 59.9 Å². The number of hydrogen-bond donors (Lipinski definition) is 1. The smallest absolute Gasteiger partial charge is 0.406 e. The molecular formula is C17H12F4N2O3. The molecule has 1 aliphatic rings. The van der Waals surface area contributed by atoms with Crippen LogP contribution in [0.25, 0.3) is 0 Å². The molecule has 0 spiro atoms. The highest BCUT2D eigenvalue weighted by atomic mass is 19.4. The van der Waals surface area contributed by atoms with Crippen LogP contribution in [-0.2, 0) is 9.63 Å². The summed E-state index contributed by atoms with van der Waals surface area (Å²) >= 11 is 0. The maximum atomic E-state index is 13.7. The number of halogens is 4. The van der Waals surface area contributed by atoms with Crippen LogP contribution in [0.1, 0.15) is 12.0 Å². The molecule has 0 aromatic heterocycles. The molecule has 1 atom stereocenters. The van der Waals surface area contributed by atoms with E-state index in [4.69, 9.17) is 4.84 Å². The predicted molar refractivity (Wildman–Crippen MR) is 84.2 cm³/mol. The summed E-state index contributed by atoms with van der Waals surface area (Å²) in [6.45, 7) is 0. The van der Waals surface area contributed by atoms with E-state index >= 15 is 0 Å². The van der Waals surface area contributed by atoms with Gasteiger partial charge in [0.05, 0.1) is 5.71 Å². The number of oxime groups is 1. The number of rotatable bonds is 4. The molecule has 1 amide bonds. The SMILES string of the molecule is O=C(Nc1ccc(OC(F)(F)F)cc1)C1CC(c2ccccc2F)=NO1. The molecule has 0 fully saturated rings. The maximum Gasteiger partial charge on any atom is 0.573 e. The zero-order valence-corrected chi connectivity index (χ0v) is 13.1. The number of alkyl halides is 3. The van der Waals surface area contributed by atoms with E-state index in [1.54, 1.807) is 6.07 Å². The van der Waals surface area contributed by atoms with Crippen LogP contribution in [0.15, 0.2) is 53.7 Å². The third-order valence-electron chi connectivity index (χ3n) is 3.50. The third kappa shape index (κ3) is 4.29. The topological polar surface area (TPSA) is 59.9 Å². The largest absolute Gasteiger partial charge is 0.573 e. The Morgan fingerprint density at radius 2 is 1.85 bits per heavy atom. The summed E-state index contributed by atoms with van der Waals surface area (Å²) in [7, 11) is 0. The fraction of sp³-hybridized carbons (Fsp3) is 0.176. The van der Waals surface area contributed by atoms with Crippen molar-refractivity contribution in [1.82, 2.24) is 0 Å². The molecule has 1 unspecified atom stereocenters. The molecular weight excluding hydrogens is 356 g/mol. The Morgan fingerprint density at radius 1 is 1.15 bits per heavy atom. The number of amides is 1. The minimum Gasteiger partial charge on any atom is -0.406 e. The van der Waals surface area contributed by atoms with E-state index in [0.29, 0.717) is 5.71 Å². The van der Waals surface area contributed by atoms with Crippen LogP contribution in [-0.4, -0.2) is 24.1 Å². The Hall–Kier alpha value is -3.10. The minimum atomic E-state index is -4.79. The van der Waals surface area contributed by atoms with Crippen LogP contribution in [0.4, 0.5) is 23.2 Å². The maximum absolute atomic E-state index is 13.7. The van der Waals surface area contributed by atoms with Crippen LogP contribution in [0.3, 0.4) is 0 Å². The van der Waals surface area contributed by atoms with Gasteiger partial charge in [-0.25, -0.2) is 4.39 Å². The number of nitrogens with one attached hydrogen (secondary N) is 1. The first-order chi connectivity index (χ1) is 12.3. The summed E-state index contributed by atoms with van der Waals surface area (Å²) in [6, 6.07) is 10.6.